The Morgan fingerprint density at radius 2 is 2.12 bits per heavy atom. The highest BCUT2D eigenvalue weighted by molar-refractivity contribution is 6.01. The molecule has 1 aromatic rings. The molecule has 3 heterocycles. The van der Waals surface area contributed by atoms with Crippen LogP contribution < -0.4 is 20.9 Å². The Morgan fingerprint density at radius 1 is 1.33 bits per heavy atom. The van der Waals surface area contributed by atoms with Crippen LogP contribution in [-0.4, -0.2) is 54.9 Å². The van der Waals surface area contributed by atoms with Crippen molar-refractivity contribution in [3.8, 4) is 0 Å². The fraction of sp³-hybridized carbons (Fsp3) is 0.500. The molecular weight excluding hydrogens is 310 g/mol. The first-order valence-electron chi connectivity index (χ1n) is 8.15. The first-order chi connectivity index (χ1) is 11.6. The van der Waals surface area contributed by atoms with E-state index < -0.39 is 11.9 Å². The van der Waals surface area contributed by atoms with Crippen LogP contribution in [-0.2, 0) is 20.8 Å². The first-order valence-corrected chi connectivity index (χ1v) is 8.15. The van der Waals surface area contributed by atoms with Crippen molar-refractivity contribution >= 4 is 23.4 Å². The number of pyridine rings is 1. The van der Waals surface area contributed by atoms with E-state index in [1.807, 2.05) is 12.1 Å². The lowest BCUT2D eigenvalue weighted by Gasteiger charge is -2.29. The van der Waals surface area contributed by atoms with Crippen LogP contribution in [0.3, 0.4) is 0 Å². The van der Waals surface area contributed by atoms with Gasteiger partial charge in [0.1, 0.15) is 6.04 Å². The summed E-state index contributed by atoms with van der Waals surface area (Å²) in [5.74, 6) is -1.01. The van der Waals surface area contributed by atoms with Crippen molar-refractivity contribution in [1.29, 1.82) is 0 Å². The van der Waals surface area contributed by atoms with Crippen LogP contribution in [0.5, 0.6) is 0 Å². The number of nitrogens with zero attached hydrogens (tertiary/aromatic N) is 2. The fourth-order valence-corrected chi connectivity index (χ4v) is 2.92. The molecule has 1 aromatic heterocycles. The second kappa shape index (κ2) is 7.39. The van der Waals surface area contributed by atoms with Crippen molar-refractivity contribution in [1.82, 2.24) is 20.9 Å². The number of rotatable bonds is 4. The van der Waals surface area contributed by atoms with Gasteiger partial charge in [-0.15, -0.1) is 0 Å². The number of hydrogen-bond acceptors (Lipinski definition) is 6. The van der Waals surface area contributed by atoms with E-state index in [-0.39, 0.29) is 24.7 Å². The molecule has 8 heteroatoms. The molecule has 2 aliphatic heterocycles. The second-order valence-corrected chi connectivity index (χ2v) is 5.99. The summed E-state index contributed by atoms with van der Waals surface area (Å²) in [4.78, 5) is 41.4. The van der Waals surface area contributed by atoms with Crippen molar-refractivity contribution in [2.45, 2.75) is 25.3 Å². The van der Waals surface area contributed by atoms with Gasteiger partial charge in [-0.25, -0.2) is 0 Å². The molecule has 3 N–H and O–H groups in total. The number of carbonyl (C=O) groups excluding carboxylic acids is 3. The zero-order chi connectivity index (χ0) is 16.9. The number of imide groups is 1. The van der Waals surface area contributed by atoms with Crippen LogP contribution in [0.25, 0.3) is 0 Å². The summed E-state index contributed by atoms with van der Waals surface area (Å²) in [5, 5.41) is 8.20. The largest absolute Gasteiger partial charge is 0.369 e. The van der Waals surface area contributed by atoms with Gasteiger partial charge in [-0.2, -0.15) is 0 Å². The highest BCUT2D eigenvalue weighted by atomic mass is 16.2. The molecule has 128 valence electrons. The smallest absolute Gasteiger partial charge is 0.249 e. The number of piperidine rings is 1. The number of amides is 3. The predicted octanol–water partition coefficient (Wildman–Crippen LogP) is -1.04. The number of nitrogens with one attached hydrogen (secondary N) is 3. The van der Waals surface area contributed by atoms with Gasteiger partial charge in [-0.1, -0.05) is 0 Å². The molecule has 3 amide bonds. The number of hydrogen-bond donors (Lipinski definition) is 3. The summed E-state index contributed by atoms with van der Waals surface area (Å²) >= 11 is 0. The summed E-state index contributed by atoms with van der Waals surface area (Å²) in [7, 11) is 0. The van der Waals surface area contributed by atoms with E-state index >= 15 is 0 Å². The SMILES string of the molecule is O=C1CCC(NC(=O)Cc2cc(N3CCNCC3)ccn2)C(=O)N1. The van der Waals surface area contributed by atoms with Gasteiger partial charge in [0, 0.05) is 44.5 Å². The van der Waals surface area contributed by atoms with Crippen LogP contribution in [0, 0.1) is 0 Å². The van der Waals surface area contributed by atoms with E-state index in [0.29, 0.717) is 12.1 Å². The molecular formula is C16H21N5O3. The van der Waals surface area contributed by atoms with Gasteiger partial charge in [0.15, 0.2) is 0 Å². The third kappa shape index (κ3) is 4.08. The molecule has 0 radical (unpaired) electrons. The Morgan fingerprint density at radius 3 is 2.88 bits per heavy atom. The molecule has 0 aliphatic carbocycles. The van der Waals surface area contributed by atoms with E-state index in [4.69, 9.17) is 0 Å². The lowest BCUT2D eigenvalue weighted by Crippen LogP contribution is -2.52. The van der Waals surface area contributed by atoms with E-state index in [2.05, 4.69) is 25.8 Å². The maximum Gasteiger partial charge on any atom is 0.249 e. The zero-order valence-electron chi connectivity index (χ0n) is 13.4. The molecule has 1 unspecified atom stereocenters. The number of carbonyl (C=O) groups is 3. The lowest BCUT2D eigenvalue weighted by atomic mass is 10.1. The molecule has 0 aromatic carbocycles. The molecule has 0 bridgehead atoms. The Bertz CT molecular complexity index is 642. The minimum atomic E-state index is -0.647. The molecule has 2 fully saturated rings. The van der Waals surface area contributed by atoms with Crippen molar-refractivity contribution in [3.63, 3.8) is 0 Å². The Kier molecular flexibility index (Phi) is 5.05. The summed E-state index contributed by atoms with van der Waals surface area (Å²) in [6.07, 6.45) is 2.39. The highest BCUT2D eigenvalue weighted by Crippen LogP contribution is 2.15. The topological polar surface area (TPSA) is 103 Å². The summed E-state index contributed by atoms with van der Waals surface area (Å²) < 4.78 is 0. The minimum absolute atomic E-state index is 0.109. The molecule has 0 saturated carbocycles. The standard InChI is InChI=1S/C16H21N5O3/c22-14-2-1-13(16(24)20-14)19-15(23)10-11-9-12(3-4-18-11)21-7-5-17-6-8-21/h3-4,9,13,17H,1-2,5-8,10H2,(H,19,23)(H,20,22,24). The van der Waals surface area contributed by atoms with Crippen LogP contribution in [0.15, 0.2) is 18.3 Å². The van der Waals surface area contributed by atoms with Gasteiger partial charge < -0.3 is 15.5 Å². The molecule has 2 aliphatic rings. The van der Waals surface area contributed by atoms with Gasteiger partial charge in [-0.05, 0) is 18.6 Å². The summed E-state index contributed by atoms with van der Waals surface area (Å²) in [6.45, 7) is 3.72. The van der Waals surface area contributed by atoms with Crippen LogP contribution in [0.2, 0.25) is 0 Å². The number of anilines is 1. The lowest BCUT2D eigenvalue weighted by molar-refractivity contribution is -0.137. The van der Waals surface area contributed by atoms with Gasteiger partial charge in [0.25, 0.3) is 0 Å². The minimum Gasteiger partial charge on any atom is -0.369 e. The maximum absolute atomic E-state index is 12.2. The van der Waals surface area contributed by atoms with E-state index in [1.165, 1.54) is 0 Å². The third-order valence-electron chi connectivity index (χ3n) is 4.20. The number of piperazine rings is 1. The van der Waals surface area contributed by atoms with Crippen molar-refractivity contribution in [2.24, 2.45) is 0 Å². The van der Waals surface area contributed by atoms with E-state index in [0.717, 1.165) is 31.9 Å². The maximum atomic E-state index is 12.2. The monoisotopic (exact) mass is 331 g/mol. The van der Waals surface area contributed by atoms with Crippen molar-refractivity contribution < 1.29 is 14.4 Å². The van der Waals surface area contributed by atoms with Gasteiger partial charge in [0.2, 0.25) is 17.7 Å². The quantitative estimate of drug-likeness (QED) is 0.609. The van der Waals surface area contributed by atoms with Crippen LogP contribution in [0.4, 0.5) is 5.69 Å². The van der Waals surface area contributed by atoms with Gasteiger partial charge in [0.05, 0.1) is 12.1 Å². The average Bonchev–Trinajstić information content (AvgIpc) is 2.58. The van der Waals surface area contributed by atoms with E-state index in [1.54, 1.807) is 6.20 Å². The predicted molar refractivity (Wildman–Crippen MR) is 87.3 cm³/mol. The highest BCUT2D eigenvalue weighted by Gasteiger charge is 2.27. The Labute approximate surface area is 140 Å². The zero-order valence-corrected chi connectivity index (χ0v) is 13.4. The molecule has 0 spiro atoms. The Hall–Kier alpha value is -2.48. The Balaban J connectivity index is 1.58. The molecule has 2 saturated heterocycles. The number of aromatic nitrogens is 1. The van der Waals surface area contributed by atoms with E-state index in [9.17, 15) is 14.4 Å². The van der Waals surface area contributed by atoms with Gasteiger partial charge >= 0.3 is 0 Å². The molecule has 3 rings (SSSR count). The second-order valence-electron chi connectivity index (χ2n) is 5.99. The van der Waals surface area contributed by atoms with Crippen molar-refractivity contribution in [2.75, 3.05) is 31.1 Å². The summed E-state index contributed by atoms with van der Waals surface area (Å²) in [5.41, 5.74) is 1.71. The van der Waals surface area contributed by atoms with Crippen LogP contribution in [0.1, 0.15) is 18.5 Å². The molecule has 24 heavy (non-hydrogen) atoms. The molecule has 1 atom stereocenters. The van der Waals surface area contributed by atoms with Gasteiger partial charge in [-0.3, -0.25) is 24.7 Å². The van der Waals surface area contributed by atoms with Crippen LogP contribution >= 0.6 is 0 Å². The normalized spacial score (nSPS) is 21.3. The third-order valence-corrected chi connectivity index (χ3v) is 4.20. The molecule has 8 nitrogen and oxygen atoms in total. The first kappa shape index (κ1) is 16.4. The average molecular weight is 331 g/mol. The fourth-order valence-electron chi connectivity index (χ4n) is 2.92. The van der Waals surface area contributed by atoms with Crippen molar-refractivity contribution in [3.05, 3.63) is 24.0 Å². The summed E-state index contributed by atoms with van der Waals surface area (Å²) in [6, 6.07) is 3.20.